The molecule has 1 heterocycles. The number of hydrogen-bond donors (Lipinski definition) is 1. The van der Waals surface area contributed by atoms with Crippen LogP contribution >= 0.6 is 0 Å². The van der Waals surface area contributed by atoms with Crippen molar-refractivity contribution >= 4 is 0 Å². The monoisotopic (exact) mass is 237 g/mol. The van der Waals surface area contributed by atoms with Crippen molar-refractivity contribution in [3.05, 3.63) is 17.7 Å². The van der Waals surface area contributed by atoms with Gasteiger partial charge >= 0.3 is 0 Å². The van der Waals surface area contributed by atoms with Gasteiger partial charge in [-0.15, -0.1) is 0 Å². The maximum Gasteiger partial charge on any atom is 0.0952 e. The summed E-state index contributed by atoms with van der Waals surface area (Å²) in [6, 6.07) is 0. The van der Waals surface area contributed by atoms with Crippen LogP contribution in [0, 0.1) is 0 Å². The van der Waals surface area contributed by atoms with E-state index < -0.39 is 0 Å². The highest BCUT2D eigenvalue weighted by molar-refractivity contribution is 5.17. The average Bonchev–Trinajstić information content (AvgIpc) is 2.73. The summed E-state index contributed by atoms with van der Waals surface area (Å²) in [4.78, 5) is 4.62. The lowest BCUT2D eigenvalue weighted by atomic mass is 10.00. The fraction of sp³-hybridized carbons (Fsp3) is 0.786. The van der Waals surface area contributed by atoms with Crippen molar-refractivity contribution in [3.8, 4) is 0 Å². The van der Waals surface area contributed by atoms with Crippen LogP contribution in [0.15, 0.2) is 6.33 Å². The van der Waals surface area contributed by atoms with Gasteiger partial charge in [-0.2, -0.15) is 0 Å². The summed E-state index contributed by atoms with van der Waals surface area (Å²) in [5.41, 5.74) is 2.73. The Labute approximate surface area is 106 Å². The molecule has 0 fully saturated rings. The lowest BCUT2D eigenvalue weighted by Crippen LogP contribution is -2.20. The van der Waals surface area contributed by atoms with Crippen LogP contribution in [0.1, 0.15) is 57.8 Å². The van der Waals surface area contributed by atoms with Crippen molar-refractivity contribution in [2.75, 3.05) is 13.1 Å². The molecule has 1 rings (SSSR count). The number of hydrogen-bond acceptors (Lipinski definition) is 2. The largest absolute Gasteiger partial charge is 0.333 e. The van der Waals surface area contributed by atoms with E-state index >= 15 is 0 Å². The molecular formula is C14H27N3. The molecule has 17 heavy (non-hydrogen) atoms. The fourth-order valence-electron chi connectivity index (χ4n) is 2.36. The molecule has 1 N–H and O–H groups in total. The van der Waals surface area contributed by atoms with Gasteiger partial charge in [0, 0.05) is 24.7 Å². The number of nitrogens with zero attached hydrogens (tertiary/aromatic N) is 2. The maximum absolute atomic E-state index is 4.62. The molecule has 0 aliphatic heterocycles. The second-order valence-electron chi connectivity index (χ2n) is 4.67. The van der Waals surface area contributed by atoms with Crippen molar-refractivity contribution in [2.45, 2.75) is 59.4 Å². The Balaban J connectivity index is 2.72. The molecule has 0 saturated carbocycles. The zero-order valence-corrected chi connectivity index (χ0v) is 11.8. The van der Waals surface area contributed by atoms with Crippen LogP contribution < -0.4 is 5.32 Å². The highest BCUT2D eigenvalue weighted by Crippen LogP contribution is 2.23. The first-order valence-corrected chi connectivity index (χ1v) is 6.99. The Morgan fingerprint density at radius 1 is 1.35 bits per heavy atom. The van der Waals surface area contributed by atoms with E-state index in [-0.39, 0.29) is 0 Å². The molecule has 1 unspecified atom stereocenters. The van der Waals surface area contributed by atoms with Crippen molar-refractivity contribution in [2.24, 2.45) is 0 Å². The maximum atomic E-state index is 4.62. The van der Waals surface area contributed by atoms with Crippen LogP contribution in [0.2, 0.25) is 0 Å². The first-order valence-electron chi connectivity index (χ1n) is 6.99. The summed E-state index contributed by atoms with van der Waals surface area (Å²) in [6.07, 6.45) is 5.55. The molecule has 0 bridgehead atoms. The summed E-state index contributed by atoms with van der Waals surface area (Å²) in [5.74, 6) is 0.593. The molecule has 3 nitrogen and oxygen atoms in total. The predicted molar refractivity (Wildman–Crippen MR) is 73.5 cm³/mol. The molecule has 0 aliphatic carbocycles. The van der Waals surface area contributed by atoms with Gasteiger partial charge in [0.05, 0.1) is 12.0 Å². The van der Waals surface area contributed by atoms with E-state index in [4.69, 9.17) is 0 Å². The van der Waals surface area contributed by atoms with Crippen molar-refractivity contribution in [1.29, 1.82) is 0 Å². The molecule has 0 spiro atoms. The molecule has 0 aromatic carbocycles. The third-order valence-electron chi connectivity index (χ3n) is 3.28. The first kappa shape index (κ1) is 14.2. The topological polar surface area (TPSA) is 29.9 Å². The molecule has 1 aromatic heterocycles. The van der Waals surface area contributed by atoms with Crippen molar-refractivity contribution in [3.63, 3.8) is 0 Å². The molecule has 3 heteroatoms. The van der Waals surface area contributed by atoms with E-state index in [1.807, 2.05) is 6.33 Å². The second-order valence-corrected chi connectivity index (χ2v) is 4.67. The van der Waals surface area contributed by atoms with Gasteiger partial charge in [0.15, 0.2) is 0 Å². The van der Waals surface area contributed by atoms with Gasteiger partial charge in [-0.25, -0.2) is 4.98 Å². The summed E-state index contributed by atoms with van der Waals surface area (Å²) < 4.78 is 2.31. The first-order chi connectivity index (χ1) is 8.24. The molecule has 1 atom stereocenters. The molecular weight excluding hydrogens is 210 g/mol. The smallest absolute Gasteiger partial charge is 0.0952 e. The van der Waals surface area contributed by atoms with Gasteiger partial charge in [0.25, 0.3) is 0 Å². The minimum absolute atomic E-state index is 0.593. The van der Waals surface area contributed by atoms with Gasteiger partial charge in [-0.05, 0) is 19.4 Å². The lowest BCUT2D eigenvalue weighted by molar-refractivity contribution is 0.590. The minimum atomic E-state index is 0.593. The van der Waals surface area contributed by atoms with Gasteiger partial charge in [-0.1, -0.05) is 34.1 Å². The van der Waals surface area contributed by atoms with Crippen LogP contribution in [0.5, 0.6) is 0 Å². The van der Waals surface area contributed by atoms with E-state index in [2.05, 4.69) is 42.6 Å². The van der Waals surface area contributed by atoms with Crippen LogP contribution in [0.4, 0.5) is 0 Å². The Bertz CT molecular complexity index is 317. The van der Waals surface area contributed by atoms with Crippen LogP contribution in [0.3, 0.4) is 0 Å². The Morgan fingerprint density at radius 3 is 2.71 bits per heavy atom. The Kier molecular flexibility index (Phi) is 6.27. The van der Waals surface area contributed by atoms with Gasteiger partial charge in [-0.3, -0.25) is 0 Å². The number of rotatable bonds is 8. The molecule has 1 aromatic rings. The molecule has 0 amide bonds. The summed E-state index contributed by atoms with van der Waals surface area (Å²) in [5, 5.41) is 3.36. The SMILES string of the molecule is CCCC(C)c1ncn(CCNCC)c1CC. The highest BCUT2D eigenvalue weighted by Gasteiger charge is 2.14. The summed E-state index contributed by atoms with van der Waals surface area (Å²) in [7, 11) is 0. The number of nitrogens with one attached hydrogen (secondary N) is 1. The van der Waals surface area contributed by atoms with E-state index in [9.17, 15) is 0 Å². The lowest BCUT2D eigenvalue weighted by Gasteiger charge is -2.12. The van der Waals surface area contributed by atoms with E-state index in [0.29, 0.717) is 5.92 Å². The molecule has 0 saturated heterocycles. The molecule has 0 radical (unpaired) electrons. The van der Waals surface area contributed by atoms with Gasteiger partial charge in [0.2, 0.25) is 0 Å². The number of imidazole rings is 1. The predicted octanol–water partition coefficient (Wildman–Crippen LogP) is 2.96. The quantitative estimate of drug-likeness (QED) is 0.704. The second kappa shape index (κ2) is 7.49. The average molecular weight is 237 g/mol. The van der Waals surface area contributed by atoms with Crippen LogP contribution in [-0.2, 0) is 13.0 Å². The molecule has 98 valence electrons. The van der Waals surface area contributed by atoms with Crippen molar-refractivity contribution < 1.29 is 0 Å². The zero-order chi connectivity index (χ0) is 12.7. The molecule has 0 aliphatic rings. The Morgan fingerprint density at radius 2 is 2.12 bits per heavy atom. The van der Waals surface area contributed by atoms with Crippen LogP contribution in [0.25, 0.3) is 0 Å². The zero-order valence-electron chi connectivity index (χ0n) is 11.8. The summed E-state index contributed by atoms with van der Waals surface area (Å²) in [6.45, 7) is 12.0. The third-order valence-corrected chi connectivity index (χ3v) is 3.28. The number of likely N-dealkylation sites (N-methyl/N-ethyl adjacent to an activating group) is 1. The fourth-order valence-corrected chi connectivity index (χ4v) is 2.36. The standard InChI is InChI=1S/C14H27N3/c1-5-8-12(4)14-13(6-2)17(11-16-14)10-9-15-7-3/h11-12,15H,5-10H2,1-4H3. The van der Waals surface area contributed by atoms with Gasteiger partial charge in [0.1, 0.15) is 0 Å². The van der Waals surface area contributed by atoms with Crippen molar-refractivity contribution in [1.82, 2.24) is 14.9 Å². The third kappa shape index (κ3) is 3.84. The van der Waals surface area contributed by atoms with Gasteiger partial charge < -0.3 is 9.88 Å². The highest BCUT2D eigenvalue weighted by atomic mass is 15.1. The minimum Gasteiger partial charge on any atom is -0.333 e. The van der Waals surface area contributed by atoms with Crippen LogP contribution in [-0.4, -0.2) is 22.6 Å². The van der Waals surface area contributed by atoms with E-state index in [1.54, 1.807) is 0 Å². The number of aromatic nitrogens is 2. The van der Waals surface area contributed by atoms with E-state index in [0.717, 1.165) is 26.1 Å². The van der Waals surface area contributed by atoms with E-state index in [1.165, 1.54) is 24.2 Å². The summed E-state index contributed by atoms with van der Waals surface area (Å²) >= 11 is 0. The Hall–Kier alpha value is -0.830. The normalized spacial score (nSPS) is 12.9.